The van der Waals surface area contributed by atoms with Gasteiger partial charge in [0.1, 0.15) is 18.0 Å². The Morgan fingerprint density at radius 3 is 2.15 bits per heavy atom. The van der Waals surface area contributed by atoms with Gasteiger partial charge in [-0.3, -0.25) is 9.10 Å². The molecule has 0 atom stereocenters. The molecule has 174 valence electrons. The largest absolute Gasteiger partial charge is 0.494 e. The number of sulfonamides is 1. The predicted octanol–water partition coefficient (Wildman–Crippen LogP) is 4.63. The first-order chi connectivity index (χ1) is 15.8. The van der Waals surface area contributed by atoms with Gasteiger partial charge in [0, 0.05) is 5.69 Å². The van der Waals surface area contributed by atoms with E-state index in [2.05, 4.69) is 5.32 Å². The van der Waals surface area contributed by atoms with Crippen molar-refractivity contribution in [2.24, 2.45) is 0 Å². The minimum atomic E-state index is -4.04. The molecule has 0 fully saturated rings. The van der Waals surface area contributed by atoms with Crippen molar-refractivity contribution in [1.29, 1.82) is 0 Å². The van der Waals surface area contributed by atoms with Crippen LogP contribution in [0.15, 0.2) is 77.7 Å². The number of rotatable bonds is 10. The Labute approximate surface area is 195 Å². The van der Waals surface area contributed by atoms with Gasteiger partial charge in [0.15, 0.2) is 0 Å². The number of nitrogens with zero attached hydrogens (tertiary/aromatic N) is 1. The van der Waals surface area contributed by atoms with Gasteiger partial charge in [0.05, 0.1) is 23.8 Å². The maximum absolute atomic E-state index is 13.6. The molecule has 3 rings (SSSR count). The molecule has 0 spiro atoms. The van der Waals surface area contributed by atoms with Crippen LogP contribution in [0.1, 0.15) is 19.4 Å². The Kier molecular flexibility index (Phi) is 7.95. The topological polar surface area (TPSA) is 84.9 Å². The molecule has 0 saturated carbocycles. The lowest BCUT2D eigenvalue weighted by atomic mass is 10.2. The molecular formula is C25H28N2O5S. The molecule has 3 aromatic rings. The summed E-state index contributed by atoms with van der Waals surface area (Å²) in [4.78, 5) is 13.0. The molecule has 0 aromatic heterocycles. The Bertz CT molecular complexity index is 1180. The monoisotopic (exact) mass is 468 g/mol. The molecule has 0 saturated heterocycles. The number of nitrogens with one attached hydrogen (secondary N) is 1. The predicted molar refractivity (Wildman–Crippen MR) is 130 cm³/mol. The first-order valence-electron chi connectivity index (χ1n) is 10.7. The van der Waals surface area contributed by atoms with Gasteiger partial charge in [-0.15, -0.1) is 0 Å². The molecule has 8 heteroatoms. The van der Waals surface area contributed by atoms with Crippen molar-refractivity contribution in [2.45, 2.75) is 25.7 Å². The number of anilines is 2. The molecule has 0 aliphatic rings. The molecule has 3 aromatic carbocycles. The Balaban J connectivity index is 1.93. The highest BCUT2D eigenvalue weighted by atomic mass is 32.2. The maximum Gasteiger partial charge on any atom is 0.264 e. The molecule has 0 heterocycles. The molecule has 0 unspecified atom stereocenters. The fourth-order valence-electron chi connectivity index (χ4n) is 3.21. The number of para-hydroxylation sites is 2. The molecule has 1 N–H and O–H groups in total. The Hall–Kier alpha value is -3.52. The lowest BCUT2D eigenvalue weighted by molar-refractivity contribution is -0.114. The van der Waals surface area contributed by atoms with Crippen molar-refractivity contribution in [1.82, 2.24) is 0 Å². The van der Waals surface area contributed by atoms with Crippen LogP contribution in [0, 0.1) is 6.92 Å². The van der Waals surface area contributed by atoms with Crippen LogP contribution in [0.25, 0.3) is 0 Å². The van der Waals surface area contributed by atoms with E-state index in [0.717, 1.165) is 9.87 Å². The standard InChI is InChI=1S/C25H28N2O5S/c1-4-31-21-14-12-20(13-15-21)26-25(28)18-27(23-8-6-7-9-24(23)32-5-2)33(29,30)22-16-10-19(3)11-17-22/h6-17H,4-5,18H2,1-3H3,(H,26,28). The van der Waals surface area contributed by atoms with Gasteiger partial charge in [-0.2, -0.15) is 0 Å². The van der Waals surface area contributed by atoms with E-state index in [-0.39, 0.29) is 4.90 Å². The summed E-state index contributed by atoms with van der Waals surface area (Å²) in [7, 11) is -4.04. The third-order valence-corrected chi connectivity index (χ3v) is 6.55. The molecule has 0 aliphatic heterocycles. The van der Waals surface area contributed by atoms with E-state index >= 15 is 0 Å². The second-order valence-corrected chi connectivity index (χ2v) is 9.09. The summed E-state index contributed by atoms with van der Waals surface area (Å²) >= 11 is 0. The molecule has 0 aliphatic carbocycles. The van der Waals surface area contributed by atoms with Crippen molar-refractivity contribution in [3.05, 3.63) is 78.4 Å². The lowest BCUT2D eigenvalue weighted by Crippen LogP contribution is -2.38. The second kappa shape index (κ2) is 10.9. The number of benzene rings is 3. The fraction of sp³-hybridized carbons (Fsp3) is 0.240. The minimum Gasteiger partial charge on any atom is -0.494 e. The van der Waals surface area contributed by atoms with Gasteiger partial charge in [-0.25, -0.2) is 8.42 Å². The maximum atomic E-state index is 13.6. The summed E-state index contributed by atoms with van der Waals surface area (Å²) in [6.45, 7) is 6.05. The lowest BCUT2D eigenvalue weighted by Gasteiger charge is -2.26. The summed E-state index contributed by atoms with van der Waals surface area (Å²) in [5.41, 5.74) is 1.76. The average molecular weight is 469 g/mol. The van der Waals surface area contributed by atoms with E-state index in [1.54, 1.807) is 60.7 Å². The zero-order chi connectivity index (χ0) is 23.8. The van der Waals surface area contributed by atoms with Crippen molar-refractivity contribution in [3.63, 3.8) is 0 Å². The summed E-state index contributed by atoms with van der Waals surface area (Å²) in [5.74, 6) is 0.579. The van der Waals surface area contributed by atoms with E-state index in [1.165, 1.54) is 12.1 Å². The van der Waals surface area contributed by atoms with Crippen LogP contribution in [0.5, 0.6) is 11.5 Å². The van der Waals surface area contributed by atoms with Crippen molar-refractivity contribution in [3.8, 4) is 11.5 Å². The van der Waals surface area contributed by atoms with Gasteiger partial charge >= 0.3 is 0 Å². The fourth-order valence-corrected chi connectivity index (χ4v) is 4.64. The zero-order valence-electron chi connectivity index (χ0n) is 18.9. The molecule has 0 bridgehead atoms. The summed E-state index contributed by atoms with van der Waals surface area (Å²) in [6.07, 6.45) is 0. The summed E-state index contributed by atoms with van der Waals surface area (Å²) < 4.78 is 39.3. The average Bonchev–Trinajstić information content (AvgIpc) is 2.80. The second-order valence-electron chi connectivity index (χ2n) is 7.23. The molecule has 0 radical (unpaired) electrons. The first-order valence-corrected chi connectivity index (χ1v) is 12.1. The summed E-state index contributed by atoms with van der Waals surface area (Å²) in [5, 5.41) is 2.75. The van der Waals surface area contributed by atoms with Crippen LogP contribution in [0.2, 0.25) is 0 Å². The van der Waals surface area contributed by atoms with Gasteiger partial charge in [0.2, 0.25) is 5.91 Å². The summed E-state index contributed by atoms with van der Waals surface area (Å²) in [6, 6.07) is 20.2. The number of ether oxygens (including phenoxy) is 2. The van der Waals surface area contributed by atoms with Gasteiger partial charge in [-0.1, -0.05) is 29.8 Å². The van der Waals surface area contributed by atoms with E-state index in [4.69, 9.17) is 9.47 Å². The smallest absolute Gasteiger partial charge is 0.264 e. The Morgan fingerprint density at radius 1 is 0.879 bits per heavy atom. The highest BCUT2D eigenvalue weighted by molar-refractivity contribution is 7.92. The normalized spacial score (nSPS) is 11.0. The molecular weight excluding hydrogens is 440 g/mol. The first kappa shape index (κ1) is 24.1. The van der Waals surface area contributed by atoms with Crippen LogP contribution in [0.4, 0.5) is 11.4 Å². The van der Waals surface area contributed by atoms with E-state index in [1.807, 2.05) is 20.8 Å². The van der Waals surface area contributed by atoms with Crippen molar-refractivity contribution in [2.75, 3.05) is 29.4 Å². The van der Waals surface area contributed by atoms with Crippen LogP contribution in [-0.4, -0.2) is 34.1 Å². The number of hydrogen-bond donors (Lipinski definition) is 1. The minimum absolute atomic E-state index is 0.0910. The van der Waals surface area contributed by atoms with Crippen LogP contribution in [0.3, 0.4) is 0 Å². The van der Waals surface area contributed by atoms with Gasteiger partial charge < -0.3 is 14.8 Å². The number of aryl methyl sites for hydroxylation is 1. The van der Waals surface area contributed by atoms with E-state index in [0.29, 0.717) is 36.1 Å². The third kappa shape index (κ3) is 6.04. The number of hydrogen-bond acceptors (Lipinski definition) is 5. The highest BCUT2D eigenvalue weighted by Gasteiger charge is 2.29. The highest BCUT2D eigenvalue weighted by Crippen LogP contribution is 2.32. The van der Waals surface area contributed by atoms with Crippen LogP contribution < -0.4 is 19.1 Å². The Morgan fingerprint density at radius 2 is 1.52 bits per heavy atom. The van der Waals surface area contributed by atoms with E-state index in [9.17, 15) is 13.2 Å². The quantitative estimate of drug-likeness (QED) is 0.469. The third-order valence-electron chi connectivity index (χ3n) is 4.78. The van der Waals surface area contributed by atoms with Crippen LogP contribution >= 0.6 is 0 Å². The number of carbonyl (C=O) groups excluding carboxylic acids is 1. The number of carbonyl (C=O) groups is 1. The SMILES string of the molecule is CCOc1ccc(NC(=O)CN(c2ccccc2OCC)S(=O)(=O)c2ccc(C)cc2)cc1. The van der Waals surface area contributed by atoms with Gasteiger partial charge in [-0.05, 0) is 69.3 Å². The van der Waals surface area contributed by atoms with Crippen molar-refractivity contribution < 1.29 is 22.7 Å². The molecule has 7 nitrogen and oxygen atoms in total. The molecule has 33 heavy (non-hydrogen) atoms. The van der Waals surface area contributed by atoms with Gasteiger partial charge in [0.25, 0.3) is 10.0 Å². The van der Waals surface area contributed by atoms with Crippen molar-refractivity contribution >= 4 is 27.3 Å². The van der Waals surface area contributed by atoms with E-state index < -0.39 is 22.5 Å². The number of amides is 1. The zero-order valence-corrected chi connectivity index (χ0v) is 19.8. The molecule has 1 amide bonds. The van der Waals surface area contributed by atoms with Crippen LogP contribution in [-0.2, 0) is 14.8 Å².